The van der Waals surface area contributed by atoms with Gasteiger partial charge in [-0.3, -0.25) is 9.59 Å². The minimum atomic E-state index is -1.58. The minimum Gasteiger partial charge on any atom is -0.462 e. The Kier molecular flexibility index (Phi) is 19.7. The number of rotatable bonds is 22. The maximum absolute atomic E-state index is 12.2. The Morgan fingerprint density at radius 2 is 1.29 bits per heavy atom. The summed E-state index contributed by atoms with van der Waals surface area (Å²) in [7, 11) is 0. The van der Waals surface area contributed by atoms with Crippen molar-refractivity contribution in [1.82, 2.24) is 0 Å². The Bertz CT molecular complexity index is 614. The summed E-state index contributed by atoms with van der Waals surface area (Å²) in [6.45, 7) is 2.77. The summed E-state index contributed by atoms with van der Waals surface area (Å²) in [5.41, 5.74) is 0. The van der Waals surface area contributed by atoms with Crippen molar-refractivity contribution in [3.63, 3.8) is 0 Å². The average Bonchev–Trinajstić information content (AvgIpc) is 2.92. The zero-order valence-corrected chi connectivity index (χ0v) is 23.4. The molecule has 0 radical (unpaired) electrons. The van der Waals surface area contributed by atoms with E-state index in [1.807, 2.05) is 0 Å². The number of ether oxygens (including phenoxy) is 4. The Morgan fingerprint density at radius 1 is 0.737 bits per heavy atom. The zero-order valence-electron chi connectivity index (χ0n) is 23.4. The lowest BCUT2D eigenvalue weighted by atomic mass is 9.99. The lowest BCUT2D eigenvalue weighted by molar-refractivity contribution is -0.305. The topological polar surface area (TPSA) is 152 Å². The molecule has 0 amide bonds. The molecule has 10 heteroatoms. The Balaban J connectivity index is 2.23. The monoisotopic (exact) mass is 548 g/mol. The molecule has 1 fully saturated rings. The zero-order chi connectivity index (χ0) is 28.2. The third-order valence-corrected chi connectivity index (χ3v) is 6.80. The van der Waals surface area contributed by atoms with Gasteiger partial charge in [-0.2, -0.15) is 0 Å². The first-order chi connectivity index (χ1) is 18.3. The molecular formula is C28H52O10. The molecule has 1 saturated heterocycles. The van der Waals surface area contributed by atoms with Crippen molar-refractivity contribution >= 4 is 11.9 Å². The fraction of sp³-hybridized carbons (Fsp3) is 0.929. The molecule has 0 unspecified atom stereocenters. The van der Waals surface area contributed by atoms with Crippen molar-refractivity contribution in [3.8, 4) is 0 Å². The SMILES string of the molecule is CCCCCCCCCCCCCCCC(=O)OC[C@H](CO[C@@H]1O[C@H](CO)[C@H](O)[C@H](O)[C@H]1O)OC(=O)CC. The first-order valence-corrected chi connectivity index (χ1v) is 14.6. The number of carbonyl (C=O) groups is 2. The van der Waals surface area contributed by atoms with Crippen molar-refractivity contribution in [2.75, 3.05) is 19.8 Å². The summed E-state index contributed by atoms with van der Waals surface area (Å²) in [6, 6.07) is 0. The lowest BCUT2D eigenvalue weighted by Gasteiger charge is -2.39. The smallest absolute Gasteiger partial charge is 0.305 e. The highest BCUT2D eigenvalue weighted by atomic mass is 16.7. The molecule has 0 aromatic rings. The van der Waals surface area contributed by atoms with Crippen molar-refractivity contribution < 1.29 is 49.0 Å². The van der Waals surface area contributed by atoms with Gasteiger partial charge < -0.3 is 39.4 Å². The van der Waals surface area contributed by atoms with Gasteiger partial charge in [0.05, 0.1) is 13.2 Å². The van der Waals surface area contributed by atoms with Gasteiger partial charge in [-0.15, -0.1) is 0 Å². The molecule has 0 saturated carbocycles. The van der Waals surface area contributed by atoms with Crippen molar-refractivity contribution in [2.45, 2.75) is 147 Å². The van der Waals surface area contributed by atoms with Gasteiger partial charge in [-0.05, 0) is 6.42 Å². The largest absolute Gasteiger partial charge is 0.462 e. The van der Waals surface area contributed by atoms with Crippen LogP contribution in [0.4, 0.5) is 0 Å². The van der Waals surface area contributed by atoms with Crippen molar-refractivity contribution in [2.24, 2.45) is 0 Å². The molecule has 224 valence electrons. The van der Waals surface area contributed by atoms with E-state index >= 15 is 0 Å². The predicted octanol–water partition coefficient (Wildman–Crippen LogP) is 3.15. The maximum Gasteiger partial charge on any atom is 0.305 e. The molecular weight excluding hydrogens is 496 g/mol. The molecule has 0 aromatic heterocycles. The summed E-state index contributed by atoms with van der Waals surface area (Å²) in [5, 5.41) is 39.1. The van der Waals surface area contributed by atoms with E-state index in [1.54, 1.807) is 6.92 Å². The third-order valence-electron chi connectivity index (χ3n) is 6.80. The van der Waals surface area contributed by atoms with E-state index in [1.165, 1.54) is 64.2 Å². The number of aliphatic hydroxyl groups is 4. The Morgan fingerprint density at radius 3 is 1.82 bits per heavy atom. The van der Waals surface area contributed by atoms with Crippen molar-refractivity contribution in [3.05, 3.63) is 0 Å². The fourth-order valence-electron chi connectivity index (χ4n) is 4.34. The molecule has 1 aliphatic heterocycles. The van der Waals surface area contributed by atoms with E-state index in [4.69, 9.17) is 18.9 Å². The minimum absolute atomic E-state index is 0.115. The second kappa shape index (κ2) is 21.5. The maximum atomic E-state index is 12.2. The highest BCUT2D eigenvalue weighted by molar-refractivity contribution is 5.70. The highest BCUT2D eigenvalue weighted by Gasteiger charge is 2.44. The van der Waals surface area contributed by atoms with Crippen LogP contribution in [0.3, 0.4) is 0 Å². The van der Waals surface area contributed by atoms with E-state index in [2.05, 4.69) is 6.92 Å². The summed E-state index contributed by atoms with van der Waals surface area (Å²) in [4.78, 5) is 23.9. The Labute approximate surface area is 228 Å². The van der Waals surface area contributed by atoms with E-state index < -0.39 is 55.4 Å². The number of esters is 2. The Hall–Kier alpha value is -1.30. The molecule has 6 atom stereocenters. The van der Waals surface area contributed by atoms with E-state index in [-0.39, 0.29) is 26.1 Å². The number of hydrogen-bond acceptors (Lipinski definition) is 10. The molecule has 10 nitrogen and oxygen atoms in total. The van der Waals surface area contributed by atoms with Gasteiger partial charge in [0.15, 0.2) is 12.4 Å². The van der Waals surface area contributed by atoms with Crippen molar-refractivity contribution in [1.29, 1.82) is 0 Å². The van der Waals surface area contributed by atoms with E-state index in [0.717, 1.165) is 19.3 Å². The molecule has 0 aliphatic carbocycles. The van der Waals surface area contributed by atoms with Crippen LogP contribution >= 0.6 is 0 Å². The molecule has 4 N–H and O–H groups in total. The van der Waals surface area contributed by atoms with Crippen LogP contribution in [-0.4, -0.2) is 89.0 Å². The standard InChI is InChI=1S/C28H52O10/c1-3-5-6-7-8-9-10-11-12-13-14-15-16-17-24(31)35-19-21(37-23(30)4-2)20-36-28-27(34)26(33)25(32)22(18-29)38-28/h21-22,25-29,32-34H,3-20H2,1-2H3/t21-,22-,25+,26+,27-,28-/m1/s1. The van der Waals surface area contributed by atoms with Crippen LogP contribution in [0.2, 0.25) is 0 Å². The van der Waals surface area contributed by atoms with Gasteiger partial charge >= 0.3 is 11.9 Å². The highest BCUT2D eigenvalue weighted by Crippen LogP contribution is 2.22. The molecule has 0 aromatic carbocycles. The number of carbonyl (C=O) groups excluding carboxylic acids is 2. The van der Waals surface area contributed by atoms with Crippen LogP contribution in [0.25, 0.3) is 0 Å². The van der Waals surface area contributed by atoms with Crippen LogP contribution in [0.1, 0.15) is 110 Å². The quantitative estimate of drug-likeness (QED) is 0.117. The molecule has 1 aliphatic rings. The lowest BCUT2D eigenvalue weighted by Crippen LogP contribution is -2.59. The van der Waals surface area contributed by atoms with E-state index in [0.29, 0.717) is 0 Å². The summed E-state index contributed by atoms with van der Waals surface area (Å²) >= 11 is 0. The van der Waals surface area contributed by atoms with Gasteiger partial charge in [0, 0.05) is 12.8 Å². The van der Waals surface area contributed by atoms with Gasteiger partial charge in [0.2, 0.25) is 0 Å². The summed E-state index contributed by atoms with van der Waals surface area (Å²) in [5.74, 6) is -0.904. The normalized spacial score (nSPS) is 24.2. The molecule has 1 heterocycles. The summed E-state index contributed by atoms with van der Waals surface area (Å²) in [6.07, 6.45) is 8.12. The first kappa shape index (κ1) is 34.7. The van der Waals surface area contributed by atoms with Crippen LogP contribution in [0.15, 0.2) is 0 Å². The molecule has 0 bridgehead atoms. The van der Waals surface area contributed by atoms with Crippen LogP contribution in [0.5, 0.6) is 0 Å². The number of hydrogen-bond donors (Lipinski definition) is 4. The second-order valence-electron chi connectivity index (χ2n) is 10.2. The molecule has 1 rings (SSSR count). The van der Waals surface area contributed by atoms with Crippen LogP contribution in [-0.2, 0) is 28.5 Å². The number of unbranched alkanes of at least 4 members (excludes halogenated alkanes) is 12. The predicted molar refractivity (Wildman–Crippen MR) is 141 cm³/mol. The van der Waals surface area contributed by atoms with Gasteiger partial charge in [0.25, 0.3) is 0 Å². The van der Waals surface area contributed by atoms with Crippen LogP contribution in [0, 0.1) is 0 Å². The number of aliphatic hydroxyl groups excluding tert-OH is 4. The van der Waals surface area contributed by atoms with Gasteiger partial charge in [0.1, 0.15) is 31.0 Å². The van der Waals surface area contributed by atoms with Crippen LogP contribution < -0.4 is 0 Å². The van der Waals surface area contributed by atoms with Gasteiger partial charge in [-0.25, -0.2) is 0 Å². The summed E-state index contributed by atoms with van der Waals surface area (Å²) < 4.78 is 21.3. The average molecular weight is 549 g/mol. The molecule has 0 spiro atoms. The third kappa shape index (κ3) is 14.7. The van der Waals surface area contributed by atoms with E-state index in [9.17, 15) is 30.0 Å². The molecule has 38 heavy (non-hydrogen) atoms. The second-order valence-corrected chi connectivity index (χ2v) is 10.2. The van der Waals surface area contributed by atoms with Gasteiger partial charge in [-0.1, -0.05) is 90.9 Å². The first-order valence-electron chi connectivity index (χ1n) is 14.6. The fourth-order valence-corrected chi connectivity index (χ4v) is 4.34.